The third-order valence-corrected chi connectivity index (χ3v) is 3.33. The van der Waals surface area contributed by atoms with Crippen LogP contribution in [0.3, 0.4) is 0 Å². The Morgan fingerprint density at radius 1 is 1.47 bits per heavy atom. The molecule has 0 aromatic carbocycles. The lowest BCUT2D eigenvalue weighted by atomic mass is 10.0. The first-order valence-electron chi connectivity index (χ1n) is 6.66. The van der Waals surface area contributed by atoms with Gasteiger partial charge in [-0.15, -0.1) is 0 Å². The maximum atomic E-state index is 12.0. The van der Waals surface area contributed by atoms with Crippen molar-refractivity contribution < 1.29 is 9.90 Å². The van der Waals surface area contributed by atoms with Crippen LogP contribution < -0.4 is 5.32 Å². The van der Waals surface area contributed by atoms with Gasteiger partial charge in [0.05, 0.1) is 0 Å². The number of aliphatic hydroxyl groups excluding tert-OH is 1. The number of carbonyl (C=O) groups is 1. The van der Waals surface area contributed by atoms with E-state index in [-0.39, 0.29) is 12.5 Å². The molecule has 106 valence electrons. The predicted octanol–water partition coefficient (Wildman–Crippen LogP) is 2.44. The van der Waals surface area contributed by atoms with Crippen LogP contribution in [0.25, 0.3) is 0 Å². The first kappa shape index (κ1) is 15.9. The minimum Gasteiger partial charge on any atom is -0.396 e. The van der Waals surface area contributed by atoms with Crippen molar-refractivity contribution in [2.24, 2.45) is 5.92 Å². The molecule has 0 fully saturated rings. The molecule has 0 radical (unpaired) electrons. The number of pyridine rings is 1. The van der Waals surface area contributed by atoms with Gasteiger partial charge < -0.3 is 10.4 Å². The van der Waals surface area contributed by atoms with E-state index in [0.29, 0.717) is 29.6 Å². The molecule has 0 aliphatic rings. The standard InChI is InChI=1S/C14H21ClN2O2/c1-3-10(5-6-18)9-16-14(19)11-7-12(4-2)17-13(15)8-11/h7-8,10,18H,3-6,9H2,1-2H3,(H,16,19). The predicted molar refractivity (Wildman–Crippen MR) is 76.4 cm³/mol. The van der Waals surface area contributed by atoms with Gasteiger partial charge in [0.1, 0.15) is 5.15 Å². The van der Waals surface area contributed by atoms with Gasteiger partial charge in [0, 0.05) is 24.4 Å². The van der Waals surface area contributed by atoms with Crippen molar-refractivity contribution in [3.05, 3.63) is 28.5 Å². The normalized spacial score (nSPS) is 12.2. The van der Waals surface area contributed by atoms with Gasteiger partial charge >= 0.3 is 0 Å². The van der Waals surface area contributed by atoms with Gasteiger partial charge in [-0.25, -0.2) is 4.98 Å². The Labute approximate surface area is 119 Å². The van der Waals surface area contributed by atoms with Gasteiger partial charge in [-0.1, -0.05) is 31.9 Å². The van der Waals surface area contributed by atoms with Gasteiger partial charge in [0.2, 0.25) is 0 Å². The van der Waals surface area contributed by atoms with Crippen molar-refractivity contribution in [3.63, 3.8) is 0 Å². The van der Waals surface area contributed by atoms with Crippen molar-refractivity contribution in [1.29, 1.82) is 0 Å². The molecule has 0 saturated carbocycles. The van der Waals surface area contributed by atoms with Crippen molar-refractivity contribution in [2.75, 3.05) is 13.2 Å². The fourth-order valence-corrected chi connectivity index (χ4v) is 2.06. The molecule has 1 atom stereocenters. The van der Waals surface area contributed by atoms with Crippen LogP contribution in [0.2, 0.25) is 5.15 Å². The number of nitrogens with zero attached hydrogens (tertiary/aromatic N) is 1. The van der Waals surface area contributed by atoms with E-state index in [0.717, 1.165) is 18.5 Å². The summed E-state index contributed by atoms with van der Waals surface area (Å²) in [5.74, 6) is 0.160. The Bertz CT molecular complexity index is 424. The van der Waals surface area contributed by atoms with Crippen LogP contribution in [0.5, 0.6) is 0 Å². The van der Waals surface area contributed by atoms with E-state index < -0.39 is 0 Å². The SMILES string of the molecule is CCc1cc(C(=O)NCC(CC)CCO)cc(Cl)n1. The van der Waals surface area contributed by atoms with Gasteiger partial charge in [-0.05, 0) is 30.9 Å². The van der Waals surface area contributed by atoms with Gasteiger partial charge in [-0.2, -0.15) is 0 Å². The molecule has 5 heteroatoms. The third-order valence-electron chi connectivity index (χ3n) is 3.14. The second kappa shape index (κ2) is 8.12. The lowest BCUT2D eigenvalue weighted by Gasteiger charge is -2.14. The summed E-state index contributed by atoms with van der Waals surface area (Å²) < 4.78 is 0. The number of carbonyl (C=O) groups excluding carboxylic acids is 1. The first-order valence-corrected chi connectivity index (χ1v) is 7.04. The average molecular weight is 285 g/mol. The molecular formula is C14H21ClN2O2. The summed E-state index contributed by atoms with van der Waals surface area (Å²) in [5, 5.41) is 12.1. The maximum absolute atomic E-state index is 12.0. The lowest BCUT2D eigenvalue weighted by molar-refractivity contribution is 0.0943. The van der Waals surface area contributed by atoms with Crippen LogP contribution in [0.4, 0.5) is 0 Å². The molecule has 1 rings (SSSR count). The molecular weight excluding hydrogens is 264 g/mol. The Kier molecular flexibility index (Phi) is 6.81. The van der Waals surface area contributed by atoms with Crippen molar-refractivity contribution in [3.8, 4) is 0 Å². The van der Waals surface area contributed by atoms with Crippen molar-refractivity contribution >= 4 is 17.5 Å². The van der Waals surface area contributed by atoms with Gasteiger partial charge in [-0.3, -0.25) is 4.79 Å². The smallest absolute Gasteiger partial charge is 0.251 e. The number of rotatable bonds is 7. The lowest BCUT2D eigenvalue weighted by Crippen LogP contribution is -2.29. The maximum Gasteiger partial charge on any atom is 0.251 e. The average Bonchev–Trinajstić information content (AvgIpc) is 2.42. The van der Waals surface area contributed by atoms with E-state index in [1.807, 2.05) is 13.8 Å². The minimum absolute atomic E-state index is 0.143. The molecule has 19 heavy (non-hydrogen) atoms. The Hall–Kier alpha value is -1.13. The third kappa shape index (κ3) is 5.17. The second-order valence-corrected chi connectivity index (χ2v) is 4.91. The number of aryl methyl sites for hydroxylation is 1. The molecule has 2 N–H and O–H groups in total. The minimum atomic E-state index is -0.143. The molecule has 0 spiro atoms. The number of aromatic nitrogens is 1. The quantitative estimate of drug-likeness (QED) is 0.756. The summed E-state index contributed by atoms with van der Waals surface area (Å²) in [4.78, 5) is 16.2. The highest BCUT2D eigenvalue weighted by Gasteiger charge is 2.11. The zero-order chi connectivity index (χ0) is 14.3. The summed E-state index contributed by atoms with van der Waals surface area (Å²) in [6, 6.07) is 3.33. The molecule has 1 aromatic heterocycles. The monoisotopic (exact) mass is 284 g/mol. The Balaban J connectivity index is 2.65. The largest absolute Gasteiger partial charge is 0.396 e. The zero-order valence-corrected chi connectivity index (χ0v) is 12.2. The summed E-state index contributed by atoms with van der Waals surface area (Å²) in [6.45, 7) is 4.73. The summed E-state index contributed by atoms with van der Waals surface area (Å²) in [6.07, 6.45) is 2.37. The van der Waals surface area contributed by atoms with Crippen LogP contribution in [-0.2, 0) is 6.42 Å². The molecule has 1 amide bonds. The van der Waals surface area contributed by atoms with Crippen LogP contribution >= 0.6 is 11.6 Å². The fraction of sp³-hybridized carbons (Fsp3) is 0.571. The molecule has 0 aliphatic heterocycles. The topological polar surface area (TPSA) is 62.2 Å². The highest BCUT2D eigenvalue weighted by molar-refractivity contribution is 6.29. The molecule has 0 bridgehead atoms. The number of hydrogen-bond donors (Lipinski definition) is 2. The second-order valence-electron chi connectivity index (χ2n) is 4.52. The molecule has 0 saturated heterocycles. The van der Waals surface area contributed by atoms with Crippen LogP contribution in [0, 0.1) is 5.92 Å². The van der Waals surface area contributed by atoms with E-state index in [1.165, 1.54) is 0 Å². The van der Waals surface area contributed by atoms with E-state index in [1.54, 1.807) is 12.1 Å². The molecule has 0 aliphatic carbocycles. The zero-order valence-electron chi connectivity index (χ0n) is 11.4. The summed E-state index contributed by atoms with van der Waals surface area (Å²) in [5.41, 5.74) is 1.34. The number of halogens is 1. The van der Waals surface area contributed by atoms with Gasteiger partial charge in [0.25, 0.3) is 5.91 Å². The fourth-order valence-electron chi connectivity index (χ4n) is 1.84. The molecule has 1 aromatic rings. The Morgan fingerprint density at radius 3 is 2.79 bits per heavy atom. The van der Waals surface area contributed by atoms with Crippen LogP contribution in [0.15, 0.2) is 12.1 Å². The Morgan fingerprint density at radius 2 is 2.21 bits per heavy atom. The number of aliphatic hydroxyl groups is 1. The van der Waals surface area contributed by atoms with Gasteiger partial charge in [0.15, 0.2) is 0 Å². The summed E-state index contributed by atoms with van der Waals surface area (Å²) in [7, 11) is 0. The first-order chi connectivity index (χ1) is 9.10. The van der Waals surface area contributed by atoms with E-state index in [2.05, 4.69) is 10.3 Å². The number of amides is 1. The molecule has 4 nitrogen and oxygen atoms in total. The van der Waals surface area contributed by atoms with Crippen LogP contribution in [-0.4, -0.2) is 29.1 Å². The van der Waals surface area contributed by atoms with Crippen molar-refractivity contribution in [2.45, 2.75) is 33.1 Å². The molecule has 1 unspecified atom stereocenters. The van der Waals surface area contributed by atoms with E-state index in [9.17, 15) is 4.79 Å². The van der Waals surface area contributed by atoms with E-state index >= 15 is 0 Å². The van der Waals surface area contributed by atoms with E-state index in [4.69, 9.17) is 16.7 Å². The molecule has 1 heterocycles. The summed E-state index contributed by atoms with van der Waals surface area (Å²) >= 11 is 5.89. The number of nitrogens with one attached hydrogen (secondary N) is 1. The highest BCUT2D eigenvalue weighted by Crippen LogP contribution is 2.12. The van der Waals surface area contributed by atoms with Crippen molar-refractivity contribution in [1.82, 2.24) is 10.3 Å². The highest BCUT2D eigenvalue weighted by atomic mass is 35.5. The number of hydrogen-bond acceptors (Lipinski definition) is 3. The van der Waals surface area contributed by atoms with Crippen LogP contribution in [0.1, 0.15) is 42.7 Å².